The predicted octanol–water partition coefficient (Wildman–Crippen LogP) is 2.54. The van der Waals surface area contributed by atoms with E-state index < -0.39 is 6.10 Å². The van der Waals surface area contributed by atoms with Crippen LogP contribution >= 0.6 is 0 Å². The molecule has 0 aliphatic rings. The standard InChI is InChI=1S/C16H18FNO3/c1-11-8-13(6-7-14(11)17)20-9-12(19)10-21-16-5-3-2-4-15(16)18/h2-8,12,19H,9-10,18H2,1H3. The number of halogens is 1. The molecule has 0 aromatic heterocycles. The number of nitrogen functional groups attached to an aromatic ring is 1. The second kappa shape index (κ2) is 6.95. The zero-order valence-electron chi connectivity index (χ0n) is 11.8. The normalized spacial score (nSPS) is 12.0. The summed E-state index contributed by atoms with van der Waals surface area (Å²) in [5.74, 6) is 0.743. The van der Waals surface area contributed by atoms with Gasteiger partial charge in [0.15, 0.2) is 0 Å². The maximum absolute atomic E-state index is 13.1. The van der Waals surface area contributed by atoms with E-state index in [-0.39, 0.29) is 19.0 Å². The smallest absolute Gasteiger partial charge is 0.142 e. The number of para-hydroxylation sites is 2. The third-order valence-electron chi connectivity index (χ3n) is 2.92. The Bertz CT molecular complexity index is 604. The van der Waals surface area contributed by atoms with E-state index in [0.717, 1.165) is 0 Å². The van der Waals surface area contributed by atoms with Gasteiger partial charge < -0.3 is 20.3 Å². The Kier molecular flexibility index (Phi) is 5.00. The van der Waals surface area contributed by atoms with Crippen LogP contribution in [0.25, 0.3) is 0 Å². The molecule has 0 aliphatic carbocycles. The Morgan fingerprint density at radius 3 is 2.57 bits per heavy atom. The highest BCUT2D eigenvalue weighted by atomic mass is 19.1. The Hall–Kier alpha value is -2.27. The molecule has 1 atom stereocenters. The highest BCUT2D eigenvalue weighted by Crippen LogP contribution is 2.20. The summed E-state index contributed by atoms with van der Waals surface area (Å²) >= 11 is 0. The molecule has 0 aliphatic heterocycles. The lowest BCUT2D eigenvalue weighted by molar-refractivity contribution is 0.0629. The quantitative estimate of drug-likeness (QED) is 0.803. The molecule has 2 aromatic rings. The lowest BCUT2D eigenvalue weighted by Gasteiger charge is -2.14. The second-order valence-corrected chi connectivity index (χ2v) is 4.72. The van der Waals surface area contributed by atoms with Crippen molar-refractivity contribution in [3.05, 3.63) is 53.8 Å². The molecule has 21 heavy (non-hydrogen) atoms. The summed E-state index contributed by atoms with van der Waals surface area (Å²) < 4.78 is 23.9. The summed E-state index contributed by atoms with van der Waals surface area (Å²) in [6, 6.07) is 11.5. The van der Waals surface area contributed by atoms with Crippen molar-refractivity contribution in [1.29, 1.82) is 0 Å². The highest BCUT2D eigenvalue weighted by Gasteiger charge is 2.08. The summed E-state index contributed by atoms with van der Waals surface area (Å²) in [6.45, 7) is 1.77. The van der Waals surface area contributed by atoms with Gasteiger partial charge in [-0.2, -0.15) is 0 Å². The topological polar surface area (TPSA) is 64.7 Å². The first-order valence-electron chi connectivity index (χ1n) is 6.60. The van der Waals surface area contributed by atoms with Crippen LogP contribution in [0, 0.1) is 12.7 Å². The van der Waals surface area contributed by atoms with Crippen molar-refractivity contribution in [2.75, 3.05) is 18.9 Å². The molecule has 4 nitrogen and oxygen atoms in total. The minimum Gasteiger partial charge on any atom is -0.491 e. The molecule has 0 bridgehead atoms. The van der Waals surface area contributed by atoms with E-state index in [1.54, 1.807) is 37.3 Å². The van der Waals surface area contributed by atoms with Crippen LogP contribution in [-0.2, 0) is 0 Å². The molecular formula is C16H18FNO3. The number of aryl methyl sites for hydroxylation is 1. The fourth-order valence-corrected chi connectivity index (χ4v) is 1.75. The van der Waals surface area contributed by atoms with Crippen LogP contribution < -0.4 is 15.2 Å². The molecule has 2 rings (SSSR count). The molecule has 3 N–H and O–H groups in total. The molecular weight excluding hydrogens is 273 g/mol. The molecule has 0 radical (unpaired) electrons. The van der Waals surface area contributed by atoms with Gasteiger partial charge in [-0.25, -0.2) is 4.39 Å². The molecule has 0 saturated heterocycles. The minimum absolute atomic E-state index is 0.0534. The Labute approximate surface area is 122 Å². The average molecular weight is 291 g/mol. The van der Waals surface area contributed by atoms with Crippen LogP contribution in [0.15, 0.2) is 42.5 Å². The molecule has 112 valence electrons. The number of hydrogen-bond acceptors (Lipinski definition) is 4. The number of anilines is 1. The summed E-state index contributed by atoms with van der Waals surface area (Å²) in [7, 11) is 0. The molecule has 0 heterocycles. The van der Waals surface area contributed by atoms with Gasteiger partial charge in [0.2, 0.25) is 0 Å². The number of hydrogen-bond donors (Lipinski definition) is 2. The lowest BCUT2D eigenvalue weighted by atomic mass is 10.2. The van der Waals surface area contributed by atoms with Gasteiger partial charge in [-0.3, -0.25) is 0 Å². The van der Waals surface area contributed by atoms with E-state index in [2.05, 4.69) is 0 Å². The SMILES string of the molecule is Cc1cc(OCC(O)COc2ccccc2N)ccc1F. The van der Waals surface area contributed by atoms with E-state index in [1.165, 1.54) is 12.1 Å². The fourth-order valence-electron chi connectivity index (χ4n) is 1.75. The summed E-state index contributed by atoms with van der Waals surface area (Å²) in [5, 5.41) is 9.82. The van der Waals surface area contributed by atoms with E-state index in [9.17, 15) is 9.50 Å². The maximum atomic E-state index is 13.1. The van der Waals surface area contributed by atoms with Crippen LogP contribution in [0.2, 0.25) is 0 Å². The van der Waals surface area contributed by atoms with Crippen LogP contribution in [0.3, 0.4) is 0 Å². The number of benzene rings is 2. The highest BCUT2D eigenvalue weighted by molar-refractivity contribution is 5.51. The monoisotopic (exact) mass is 291 g/mol. The third kappa shape index (κ3) is 4.36. The van der Waals surface area contributed by atoms with Crippen molar-refractivity contribution in [2.24, 2.45) is 0 Å². The third-order valence-corrected chi connectivity index (χ3v) is 2.92. The minimum atomic E-state index is -0.810. The van der Waals surface area contributed by atoms with Crippen molar-refractivity contribution >= 4 is 5.69 Å². The van der Waals surface area contributed by atoms with Crippen molar-refractivity contribution in [3.63, 3.8) is 0 Å². The number of rotatable bonds is 6. The van der Waals surface area contributed by atoms with Crippen molar-refractivity contribution in [1.82, 2.24) is 0 Å². The van der Waals surface area contributed by atoms with E-state index in [1.807, 2.05) is 0 Å². The van der Waals surface area contributed by atoms with Gasteiger partial charge in [0.05, 0.1) is 5.69 Å². The van der Waals surface area contributed by atoms with E-state index in [4.69, 9.17) is 15.2 Å². The van der Waals surface area contributed by atoms with Crippen molar-refractivity contribution in [3.8, 4) is 11.5 Å². The van der Waals surface area contributed by atoms with Gasteiger partial charge in [0, 0.05) is 0 Å². The van der Waals surface area contributed by atoms with Crippen molar-refractivity contribution < 1.29 is 19.0 Å². The Balaban J connectivity index is 1.81. The first-order valence-corrected chi connectivity index (χ1v) is 6.60. The fraction of sp³-hybridized carbons (Fsp3) is 0.250. The number of aliphatic hydroxyl groups is 1. The first kappa shape index (κ1) is 15.1. The van der Waals surface area contributed by atoms with Gasteiger partial charge in [-0.15, -0.1) is 0 Å². The number of ether oxygens (including phenoxy) is 2. The molecule has 0 saturated carbocycles. The van der Waals surface area contributed by atoms with E-state index >= 15 is 0 Å². The molecule has 0 amide bonds. The average Bonchev–Trinajstić information content (AvgIpc) is 2.47. The van der Waals surface area contributed by atoms with E-state index in [0.29, 0.717) is 22.7 Å². The Morgan fingerprint density at radius 2 is 1.86 bits per heavy atom. The molecule has 2 aromatic carbocycles. The lowest BCUT2D eigenvalue weighted by Crippen LogP contribution is -2.25. The molecule has 5 heteroatoms. The van der Waals surface area contributed by atoms with Gasteiger partial charge in [-0.05, 0) is 42.8 Å². The predicted molar refractivity (Wildman–Crippen MR) is 79.0 cm³/mol. The summed E-state index contributed by atoms with van der Waals surface area (Å²) in [4.78, 5) is 0. The van der Waals surface area contributed by atoms with Gasteiger partial charge in [0.25, 0.3) is 0 Å². The maximum Gasteiger partial charge on any atom is 0.142 e. The first-order chi connectivity index (χ1) is 10.1. The van der Waals surface area contributed by atoms with Crippen LogP contribution in [0.5, 0.6) is 11.5 Å². The Morgan fingerprint density at radius 1 is 1.14 bits per heavy atom. The summed E-state index contributed by atoms with van der Waals surface area (Å²) in [6.07, 6.45) is -0.810. The molecule has 0 fully saturated rings. The van der Waals surface area contributed by atoms with Crippen LogP contribution in [-0.4, -0.2) is 24.4 Å². The van der Waals surface area contributed by atoms with Gasteiger partial charge >= 0.3 is 0 Å². The molecule has 0 spiro atoms. The zero-order chi connectivity index (χ0) is 15.2. The van der Waals surface area contributed by atoms with Crippen molar-refractivity contribution in [2.45, 2.75) is 13.0 Å². The number of aliphatic hydroxyl groups excluding tert-OH is 1. The zero-order valence-corrected chi connectivity index (χ0v) is 11.8. The van der Waals surface area contributed by atoms with Gasteiger partial charge in [-0.1, -0.05) is 12.1 Å². The van der Waals surface area contributed by atoms with Crippen LogP contribution in [0.1, 0.15) is 5.56 Å². The second-order valence-electron chi connectivity index (χ2n) is 4.72. The van der Waals surface area contributed by atoms with Crippen LogP contribution in [0.4, 0.5) is 10.1 Å². The summed E-state index contributed by atoms with van der Waals surface area (Å²) in [5.41, 5.74) is 6.74. The number of nitrogens with two attached hydrogens (primary N) is 1. The molecule has 1 unspecified atom stereocenters. The largest absolute Gasteiger partial charge is 0.491 e. The van der Waals surface area contributed by atoms with Gasteiger partial charge in [0.1, 0.15) is 36.6 Å².